The van der Waals surface area contributed by atoms with E-state index in [2.05, 4.69) is 15.0 Å². The Bertz CT molecular complexity index is 886. The molecule has 8 heteroatoms. The molecule has 0 radical (unpaired) electrons. The summed E-state index contributed by atoms with van der Waals surface area (Å²) < 4.78 is 41.2. The van der Waals surface area contributed by atoms with E-state index < -0.39 is 27.8 Å². The van der Waals surface area contributed by atoms with Gasteiger partial charge in [0.15, 0.2) is 0 Å². The maximum Gasteiger partial charge on any atom is 0.241 e. The quantitative estimate of drug-likeness (QED) is 0.721. The number of benzene rings is 1. The highest BCUT2D eigenvalue weighted by Gasteiger charge is 2.26. The van der Waals surface area contributed by atoms with Crippen LogP contribution in [0.2, 0.25) is 0 Å². The van der Waals surface area contributed by atoms with Gasteiger partial charge in [0.2, 0.25) is 15.9 Å². The lowest BCUT2D eigenvalue weighted by molar-refractivity contribution is -0.123. The first-order chi connectivity index (χ1) is 12.7. The van der Waals surface area contributed by atoms with Crippen LogP contribution in [0.25, 0.3) is 0 Å². The third kappa shape index (κ3) is 6.11. The maximum atomic E-state index is 13.4. The molecule has 0 unspecified atom stereocenters. The Morgan fingerprint density at radius 2 is 2.00 bits per heavy atom. The lowest BCUT2D eigenvalue weighted by Crippen LogP contribution is -2.47. The number of halogens is 1. The molecular weight excluding hydrogens is 369 g/mol. The van der Waals surface area contributed by atoms with Crippen molar-refractivity contribution in [3.8, 4) is 0 Å². The molecule has 2 aromatic rings. The summed E-state index contributed by atoms with van der Waals surface area (Å²) in [6.07, 6.45) is 3.59. The van der Waals surface area contributed by atoms with Crippen molar-refractivity contribution in [3.05, 3.63) is 59.7 Å². The van der Waals surface area contributed by atoms with Crippen LogP contribution in [-0.2, 0) is 21.4 Å². The number of hydrogen-bond donors (Lipinski definition) is 2. The number of aromatic nitrogens is 1. The van der Waals surface area contributed by atoms with Crippen molar-refractivity contribution in [3.63, 3.8) is 0 Å². The van der Waals surface area contributed by atoms with Gasteiger partial charge in [-0.15, -0.1) is 0 Å². The van der Waals surface area contributed by atoms with Gasteiger partial charge in [0.05, 0.1) is 4.90 Å². The Labute approximate surface area is 159 Å². The van der Waals surface area contributed by atoms with E-state index in [0.29, 0.717) is 6.42 Å². The minimum absolute atomic E-state index is 0.0739. The molecule has 0 fully saturated rings. The van der Waals surface area contributed by atoms with E-state index in [4.69, 9.17) is 0 Å². The third-order valence-electron chi connectivity index (χ3n) is 3.95. The highest BCUT2D eigenvalue weighted by molar-refractivity contribution is 7.89. The maximum absolute atomic E-state index is 13.4. The molecule has 27 heavy (non-hydrogen) atoms. The van der Waals surface area contributed by atoms with Gasteiger partial charge in [0, 0.05) is 18.9 Å². The minimum atomic E-state index is -3.96. The fraction of sp³-hybridized carbons (Fsp3) is 0.368. The Morgan fingerprint density at radius 3 is 2.59 bits per heavy atom. The van der Waals surface area contributed by atoms with Gasteiger partial charge in [-0.3, -0.25) is 9.78 Å². The molecule has 0 aliphatic carbocycles. The minimum Gasteiger partial charge on any atom is -0.351 e. The van der Waals surface area contributed by atoms with Crippen LogP contribution in [0.3, 0.4) is 0 Å². The zero-order chi connectivity index (χ0) is 20.0. The van der Waals surface area contributed by atoms with Gasteiger partial charge in [-0.1, -0.05) is 19.9 Å². The van der Waals surface area contributed by atoms with Gasteiger partial charge in [0.25, 0.3) is 0 Å². The highest BCUT2D eigenvalue weighted by atomic mass is 32.2. The SMILES string of the molecule is Cc1cc(S(=O)(=O)N[C@@H](CC(C)C)C(=O)NCc2cccnc2)ccc1F. The largest absolute Gasteiger partial charge is 0.351 e. The van der Waals surface area contributed by atoms with Crippen LogP contribution in [0.15, 0.2) is 47.6 Å². The fourth-order valence-corrected chi connectivity index (χ4v) is 3.83. The highest BCUT2D eigenvalue weighted by Crippen LogP contribution is 2.16. The standard InChI is InChI=1S/C19H24FN3O3S/c1-13(2)9-18(19(24)22-12-15-5-4-8-21-11-15)23-27(25,26)16-6-7-17(20)14(3)10-16/h4-8,10-11,13,18,23H,9,12H2,1-3H3,(H,22,24)/t18-/m0/s1. The van der Waals surface area contributed by atoms with Crippen LogP contribution < -0.4 is 10.0 Å². The second-order valence-electron chi connectivity index (χ2n) is 6.79. The number of rotatable bonds is 8. The number of carbonyl (C=O) groups excluding carboxylic acids is 1. The average molecular weight is 393 g/mol. The second-order valence-corrected chi connectivity index (χ2v) is 8.51. The number of amides is 1. The molecule has 146 valence electrons. The molecule has 0 saturated carbocycles. The molecule has 6 nitrogen and oxygen atoms in total. The van der Waals surface area contributed by atoms with Gasteiger partial charge in [-0.05, 0) is 54.7 Å². The Morgan fingerprint density at radius 1 is 1.26 bits per heavy atom. The van der Waals surface area contributed by atoms with Crippen LogP contribution in [0, 0.1) is 18.7 Å². The summed E-state index contributed by atoms with van der Waals surface area (Å²) >= 11 is 0. The first kappa shape index (κ1) is 21.0. The Kier molecular flexibility index (Phi) is 7.04. The van der Waals surface area contributed by atoms with Crippen molar-refractivity contribution in [2.75, 3.05) is 0 Å². The average Bonchev–Trinajstić information content (AvgIpc) is 2.61. The van der Waals surface area contributed by atoms with Crippen molar-refractivity contribution < 1.29 is 17.6 Å². The van der Waals surface area contributed by atoms with Crippen LogP contribution in [0.5, 0.6) is 0 Å². The summed E-state index contributed by atoms with van der Waals surface area (Å²) in [7, 11) is -3.96. The summed E-state index contributed by atoms with van der Waals surface area (Å²) in [4.78, 5) is 16.5. The Balaban J connectivity index is 2.14. The van der Waals surface area contributed by atoms with Gasteiger partial charge in [-0.25, -0.2) is 12.8 Å². The molecule has 0 aliphatic rings. The predicted molar refractivity (Wildman–Crippen MR) is 101 cm³/mol. The van der Waals surface area contributed by atoms with Gasteiger partial charge in [-0.2, -0.15) is 4.72 Å². The van der Waals surface area contributed by atoms with Gasteiger partial charge < -0.3 is 5.32 Å². The summed E-state index contributed by atoms with van der Waals surface area (Å²) in [5.74, 6) is -0.811. The fourth-order valence-electron chi connectivity index (χ4n) is 2.53. The van der Waals surface area contributed by atoms with Crippen molar-refractivity contribution in [2.24, 2.45) is 5.92 Å². The van der Waals surface area contributed by atoms with Gasteiger partial charge in [0.1, 0.15) is 11.9 Å². The van der Waals surface area contributed by atoms with Crippen molar-refractivity contribution in [1.29, 1.82) is 0 Å². The molecule has 0 saturated heterocycles. The van der Waals surface area contributed by atoms with Crippen molar-refractivity contribution >= 4 is 15.9 Å². The molecule has 1 heterocycles. The van der Waals surface area contributed by atoms with E-state index in [0.717, 1.165) is 11.6 Å². The number of aryl methyl sites for hydroxylation is 1. The third-order valence-corrected chi connectivity index (χ3v) is 5.42. The van der Waals surface area contributed by atoms with Crippen LogP contribution in [0.4, 0.5) is 4.39 Å². The molecule has 1 aromatic heterocycles. The summed E-state index contributed by atoms with van der Waals surface area (Å²) in [5, 5.41) is 2.73. The molecule has 2 rings (SSSR count). The summed E-state index contributed by atoms with van der Waals surface area (Å²) in [5.41, 5.74) is 1.03. The van der Waals surface area contributed by atoms with Crippen molar-refractivity contribution in [2.45, 2.75) is 44.7 Å². The number of carbonyl (C=O) groups is 1. The molecule has 0 spiro atoms. The first-order valence-electron chi connectivity index (χ1n) is 8.64. The lowest BCUT2D eigenvalue weighted by atomic mass is 10.0. The summed E-state index contributed by atoms with van der Waals surface area (Å²) in [6, 6.07) is 6.17. The normalized spacial score (nSPS) is 12.8. The van der Waals surface area contributed by atoms with Crippen LogP contribution in [0.1, 0.15) is 31.4 Å². The second kappa shape index (κ2) is 9.05. The molecule has 1 amide bonds. The zero-order valence-electron chi connectivity index (χ0n) is 15.6. The van der Waals surface area contributed by atoms with E-state index in [1.165, 1.54) is 19.1 Å². The molecule has 0 bridgehead atoms. The van der Waals surface area contributed by atoms with Gasteiger partial charge >= 0.3 is 0 Å². The number of sulfonamides is 1. The first-order valence-corrected chi connectivity index (χ1v) is 10.1. The number of pyridine rings is 1. The van der Waals surface area contributed by atoms with E-state index >= 15 is 0 Å². The van der Waals surface area contributed by atoms with Crippen LogP contribution in [-0.4, -0.2) is 25.4 Å². The molecule has 1 atom stereocenters. The number of nitrogens with one attached hydrogen (secondary N) is 2. The predicted octanol–water partition coefficient (Wildman–Crippen LogP) is 2.54. The van der Waals surface area contributed by atoms with Crippen LogP contribution >= 0.6 is 0 Å². The monoisotopic (exact) mass is 393 g/mol. The van der Waals surface area contributed by atoms with E-state index in [-0.39, 0.29) is 22.9 Å². The van der Waals surface area contributed by atoms with E-state index in [1.54, 1.807) is 18.5 Å². The molecule has 1 aromatic carbocycles. The number of hydrogen-bond acceptors (Lipinski definition) is 4. The lowest BCUT2D eigenvalue weighted by Gasteiger charge is -2.20. The van der Waals surface area contributed by atoms with Crippen molar-refractivity contribution in [1.82, 2.24) is 15.0 Å². The Hall–Kier alpha value is -2.32. The van der Waals surface area contributed by atoms with E-state index in [1.807, 2.05) is 19.9 Å². The zero-order valence-corrected chi connectivity index (χ0v) is 16.4. The topological polar surface area (TPSA) is 88.2 Å². The molecular formula is C19H24FN3O3S. The summed E-state index contributed by atoms with van der Waals surface area (Å²) in [6.45, 7) is 5.54. The number of nitrogens with zero attached hydrogens (tertiary/aromatic N) is 1. The molecule has 2 N–H and O–H groups in total. The molecule has 0 aliphatic heterocycles. The smallest absolute Gasteiger partial charge is 0.241 e. The van der Waals surface area contributed by atoms with E-state index in [9.17, 15) is 17.6 Å².